The molecule has 33 heavy (non-hydrogen) atoms. The van der Waals surface area contributed by atoms with Crippen LogP contribution in [0.1, 0.15) is 61.6 Å². The summed E-state index contributed by atoms with van der Waals surface area (Å²) in [5, 5.41) is 17.9. The van der Waals surface area contributed by atoms with Crippen LogP contribution in [0.25, 0.3) is 0 Å². The molecule has 1 unspecified atom stereocenters. The van der Waals surface area contributed by atoms with E-state index in [9.17, 15) is 4.79 Å². The summed E-state index contributed by atoms with van der Waals surface area (Å²) in [6, 6.07) is 8.98. The number of amides is 1. The summed E-state index contributed by atoms with van der Waals surface area (Å²) in [6.07, 6.45) is 4.11. The Labute approximate surface area is 200 Å². The number of rotatable bonds is 7. The van der Waals surface area contributed by atoms with Crippen molar-refractivity contribution in [2.45, 2.75) is 57.5 Å². The molecule has 176 valence electrons. The average Bonchev–Trinajstić information content (AvgIpc) is 3.29. The molecule has 2 aromatic rings. The van der Waals surface area contributed by atoms with Gasteiger partial charge in [0.25, 0.3) is 5.91 Å². The van der Waals surface area contributed by atoms with Crippen LogP contribution < -0.4 is 10.6 Å². The zero-order valence-corrected chi connectivity index (χ0v) is 20.3. The fourth-order valence-electron chi connectivity index (χ4n) is 4.65. The van der Waals surface area contributed by atoms with Crippen molar-refractivity contribution in [2.24, 2.45) is 0 Å². The Kier molecular flexibility index (Phi) is 7.91. The van der Waals surface area contributed by atoms with E-state index in [4.69, 9.17) is 10.2 Å². The fourth-order valence-corrected chi connectivity index (χ4v) is 5.35. The summed E-state index contributed by atoms with van der Waals surface area (Å²) in [4.78, 5) is 26.6. The Hall–Kier alpha value is -2.54. The zero-order chi connectivity index (χ0) is 23.2. The van der Waals surface area contributed by atoms with Crippen LogP contribution in [-0.2, 0) is 0 Å². The Balaban J connectivity index is 1.33. The molecule has 0 bridgehead atoms. The van der Waals surface area contributed by atoms with Crippen LogP contribution in [-0.4, -0.2) is 70.5 Å². The first-order valence-electron chi connectivity index (χ1n) is 11.9. The zero-order valence-electron chi connectivity index (χ0n) is 19.5. The summed E-state index contributed by atoms with van der Waals surface area (Å²) < 4.78 is 0. The van der Waals surface area contributed by atoms with Gasteiger partial charge in [0.1, 0.15) is 11.5 Å². The number of hydrogen-bond donors (Lipinski definition) is 2. The van der Waals surface area contributed by atoms with Gasteiger partial charge in [0.05, 0.1) is 12.6 Å². The first-order chi connectivity index (χ1) is 16.0. The molecule has 2 aliphatic heterocycles. The van der Waals surface area contributed by atoms with Gasteiger partial charge in [-0.2, -0.15) is 5.26 Å². The van der Waals surface area contributed by atoms with Gasteiger partial charge in [-0.25, -0.2) is 9.97 Å². The van der Waals surface area contributed by atoms with Gasteiger partial charge in [-0.3, -0.25) is 9.69 Å². The molecule has 1 atom stereocenters. The molecule has 1 amide bonds. The predicted octanol–water partition coefficient (Wildman–Crippen LogP) is 3.59. The van der Waals surface area contributed by atoms with Crippen molar-refractivity contribution in [3.05, 3.63) is 35.0 Å². The number of thiazole rings is 1. The molecular formula is C24H33N7OS. The molecule has 2 aromatic heterocycles. The first-order valence-corrected chi connectivity index (χ1v) is 12.7. The third-order valence-electron chi connectivity index (χ3n) is 6.56. The number of piperidine rings is 2. The number of likely N-dealkylation sites (tertiary alicyclic amines) is 2. The smallest absolute Gasteiger partial charge is 0.271 e. The molecule has 4 rings (SSSR count). The quantitative estimate of drug-likeness (QED) is 0.601. The standard InChI is InChI=1S/C24H33N7OS/c1-17(2)31-12-8-19(9-13-31)26-23(32)21-16-33-24(28-21)29-22-7-3-6-20(27-22)18-5-4-11-30(15-18)14-10-25/h3,6-7,16-19H,4-5,8-9,11-15H2,1-2H3,(H,26,32)(H,27,28,29). The summed E-state index contributed by atoms with van der Waals surface area (Å²) in [7, 11) is 0. The number of nitrogens with zero attached hydrogens (tertiary/aromatic N) is 5. The first kappa shape index (κ1) is 23.6. The highest BCUT2D eigenvalue weighted by molar-refractivity contribution is 7.14. The molecule has 2 saturated heterocycles. The number of carbonyl (C=O) groups is 1. The van der Waals surface area contributed by atoms with Gasteiger partial charge in [-0.15, -0.1) is 11.3 Å². The van der Waals surface area contributed by atoms with Gasteiger partial charge in [0.2, 0.25) is 0 Å². The number of aromatic nitrogens is 2. The molecule has 4 heterocycles. The molecule has 0 aliphatic carbocycles. The number of carbonyl (C=O) groups excluding carboxylic acids is 1. The largest absolute Gasteiger partial charge is 0.348 e. The van der Waals surface area contributed by atoms with Crippen LogP contribution in [0.4, 0.5) is 10.9 Å². The molecule has 0 spiro atoms. The van der Waals surface area contributed by atoms with Crippen LogP contribution in [0.5, 0.6) is 0 Å². The number of anilines is 2. The van der Waals surface area contributed by atoms with Crippen molar-refractivity contribution < 1.29 is 4.79 Å². The highest BCUT2D eigenvalue weighted by Crippen LogP contribution is 2.27. The van der Waals surface area contributed by atoms with Crippen molar-refractivity contribution in [1.82, 2.24) is 25.1 Å². The van der Waals surface area contributed by atoms with E-state index in [1.807, 2.05) is 12.1 Å². The lowest BCUT2D eigenvalue weighted by molar-refractivity contribution is 0.0896. The predicted molar refractivity (Wildman–Crippen MR) is 131 cm³/mol. The Morgan fingerprint density at radius 3 is 2.82 bits per heavy atom. The monoisotopic (exact) mass is 467 g/mol. The van der Waals surface area contributed by atoms with Gasteiger partial charge in [-0.05, 0) is 58.2 Å². The molecule has 0 saturated carbocycles. The molecule has 2 aliphatic rings. The van der Waals surface area contributed by atoms with E-state index >= 15 is 0 Å². The molecule has 9 heteroatoms. The van der Waals surface area contributed by atoms with Crippen LogP contribution in [0, 0.1) is 11.3 Å². The molecule has 2 fully saturated rings. The minimum Gasteiger partial charge on any atom is -0.348 e. The number of nitrogens with one attached hydrogen (secondary N) is 2. The lowest BCUT2D eigenvalue weighted by Gasteiger charge is -2.34. The maximum atomic E-state index is 12.7. The summed E-state index contributed by atoms with van der Waals surface area (Å²) in [6.45, 7) is 8.77. The summed E-state index contributed by atoms with van der Waals surface area (Å²) in [5.41, 5.74) is 1.48. The molecule has 8 nitrogen and oxygen atoms in total. The Morgan fingerprint density at radius 2 is 2.06 bits per heavy atom. The van der Waals surface area contributed by atoms with Gasteiger partial charge in [0.15, 0.2) is 5.13 Å². The normalized spacial score (nSPS) is 20.5. The number of nitriles is 1. The highest BCUT2D eigenvalue weighted by atomic mass is 32.1. The second kappa shape index (κ2) is 11.1. The van der Waals surface area contributed by atoms with E-state index in [1.54, 1.807) is 5.38 Å². The number of pyridine rings is 1. The summed E-state index contributed by atoms with van der Waals surface area (Å²) in [5.74, 6) is 0.949. The minimum atomic E-state index is -0.108. The van der Waals surface area contributed by atoms with E-state index in [0.29, 0.717) is 29.3 Å². The number of hydrogen-bond acceptors (Lipinski definition) is 8. The van der Waals surface area contributed by atoms with Crippen molar-refractivity contribution in [1.29, 1.82) is 5.26 Å². The lowest BCUT2D eigenvalue weighted by Crippen LogP contribution is -2.46. The fraction of sp³-hybridized carbons (Fsp3) is 0.583. The van der Waals surface area contributed by atoms with Crippen LogP contribution >= 0.6 is 11.3 Å². The van der Waals surface area contributed by atoms with Crippen molar-refractivity contribution in [3.8, 4) is 6.07 Å². The minimum absolute atomic E-state index is 0.108. The topological polar surface area (TPSA) is 97.2 Å². The third kappa shape index (κ3) is 6.28. The molecule has 0 radical (unpaired) electrons. The Bertz CT molecular complexity index is 977. The Morgan fingerprint density at radius 1 is 1.24 bits per heavy atom. The van der Waals surface area contributed by atoms with Crippen LogP contribution in [0.15, 0.2) is 23.6 Å². The molecular weight excluding hydrogens is 434 g/mol. The van der Waals surface area contributed by atoms with E-state index in [-0.39, 0.29) is 11.9 Å². The summed E-state index contributed by atoms with van der Waals surface area (Å²) >= 11 is 1.41. The van der Waals surface area contributed by atoms with E-state index in [2.05, 4.69) is 51.4 Å². The second-order valence-electron chi connectivity index (χ2n) is 9.22. The van der Waals surface area contributed by atoms with Crippen molar-refractivity contribution in [3.63, 3.8) is 0 Å². The van der Waals surface area contributed by atoms with Gasteiger partial charge in [-0.1, -0.05) is 6.07 Å². The van der Waals surface area contributed by atoms with Crippen molar-refractivity contribution in [2.75, 3.05) is 38.0 Å². The van der Waals surface area contributed by atoms with E-state index in [1.165, 1.54) is 11.3 Å². The van der Waals surface area contributed by atoms with Gasteiger partial charge < -0.3 is 15.5 Å². The molecule has 0 aromatic carbocycles. The van der Waals surface area contributed by atoms with Crippen molar-refractivity contribution >= 4 is 28.2 Å². The van der Waals surface area contributed by atoms with E-state index in [0.717, 1.165) is 63.4 Å². The lowest BCUT2D eigenvalue weighted by atomic mass is 9.94. The maximum absolute atomic E-state index is 12.7. The third-order valence-corrected chi connectivity index (χ3v) is 7.31. The second-order valence-corrected chi connectivity index (χ2v) is 10.1. The van der Waals surface area contributed by atoms with Gasteiger partial charge >= 0.3 is 0 Å². The average molecular weight is 468 g/mol. The van der Waals surface area contributed by atoms with E-state index < -0.39 is 0 Å². The van der Waals surface area contributed by atoms with Crippen LogP contribution in [0.3, 0.4) is 0 Å². The molecule has 2 N–H and O–H groups in total. The van der Waals surface area contributed by atoms with Gasteiger partial charge in [0, 0.05) is 48.7 Å². The maximum Gasteiger partial charge on any atom is 0.271 e. The highest BCUT2D eigenvalue weighted by Gasteiger charge is 2.24. The SMILES string of the molecule is CC(C)N1CCC(NC(=O)c2csc(Nc3cccc(C4CCCN(CC#N)C4)n3)n2)CC1. The van der Waals surface area contributed by atoms with Crippen LogP contribution in [0.2, 0.25) is 0 Å².